The van der Waals surface area contributed by atoms with Crippen molar-refractivity contribution >= 4 is 16.8 Å². The Kier molecular flexibility index (Phi) is 3.46. The van der Waals surface area contributed by atoms with Crippen molar-refractivity contribution in [2.75, 3.05) is 26.4 Å². The molecule has 5 rings (SSSR count). The summed E-state index contributed by atoms with van der Waals surface area (Å²) in [6, 6.07) is 8.34. The molecule has 2 aliphatic heterocycles. The maximum atomic E-state index is 6.20. The Morgan fingerprint density at radius 2 is 1.54 bits per heavy atom. The molecule has 0 amide bonds. The molecule has 2 heterocycles. The first-order valence-corrected chi connectivity index (χ1v) is 8.63. The Morgan fingerprint density at radius 3 is 2.21 bits per heavy atom. The third-order valence-electron chi connectivity index (χ3n) is 4.74. The second kappa shape index (κ2) is 5.80. The number of ether oxygens (including phenoxy) is 4. The van der Waals surface area contributed by atoms with E-state index in [1.807, 2.05) is 0 Å². The molecular formula is C20H20O4. The molecular weight excluding hydrogens is 304 g/mol. The van der Waals surface area contributed by atoms with Crippen LogP contribution in [0.15, 0.2) is 30.3 Å². The van der Waals surface area contributed by atoms with Crippen molar-refractivity contribution < 1.29 is 18.9 Å². The van der Waals surface area contributed by atoms with Gasteiger partial charge in [-0.2, -0.15) is 0 Å². The molecule has 2 atom stereocenters. The predicted octanol–water partition coefficient (Wildman–Crippen LogP) is 3.35. The smallest absolute Gasteiger partial charge is 0.135 e. The van der Waals surface area contributed by atoms with Crippen molar-refractivity contribution in [3.8, 4) is 11.5 Å². The first-order valence-electron chi connectivity index (χ1n) is 8.63. The predicted molar refractivity (Wildman–Crippen MR) is 91.8 cm³/mol. The molecule has 1 aliphatic carbocycles. The molecule has 2 aromatic rings. The van der Waals surface area contributed by atoms with Crippen molar-refractivity contribution in [3.63, 3.8) is 0 Å². The highest BCUT2D eigenvalue weighted by Crippen LogP contribution is 2.44. The fourth-order valence-corrected chi connectivity index (χ4v) is 3.30. The van der Waals surface area contributed by atoms with Crippen LogP contribution in [-0.4, -0.2) is 38.6 Å². The molecule has 0 radical (unpaired) electrons. The first-order chi connectivity index (χ1) is 11.9. The van der Waals surface area contributed by atoms with E-state index >= 15 is 0 Å². The molecule has 0 bridgehead atoms. The Morgan fingerprint density at radius 1 is 0.917 bits per heavy atom. The number of epoxide rings is 2. The minimum absolute atomic E-state index is 0.245. The number of benzene rings is 2. The lowest BCUT2D eigenvalue weighted by atomic mass is 9.91. The van der Waals surface area contributed by atoms with E-state index in [4.69, 9.17) is 18.9 Å². The highest BCUT2D eigenvalue weighted by Gasteiger charge is 2.28. The van der Waals surface area contributed by atoms with Gasteiger partial charge < -0.3 is 18.9 Å². The van der Waals surface area contributed by atoms with Gasteiger partial charge in [0.05, 0.1) is 13.2 Å². The Balaban J connectivity index is 1.63. The molecule has 2 fully saturated rings. The van der Waals surface area contributed by atoms with Crippen LogP contribution in [0.2, 0.25) is 0 Å². The Labute approximate surface area is 141 Å². The molecule has 24 heavy (non-hydrogen) atoms. The minimum atomic E-state index is 0.245. The zero-order valence-electron chi connectivity index (χ0n) is 13.5. The second-order valence-electron chi connectivity index (χ2n) is 6.57. The van der Waals surface area contributed by atoms with Gasteiger partial charge in [-0.15, -0.1) is 0 Å². The summed E-state index contributed by atoms with van der Waals surface area (Å²) in [5, 5.41) is 2.23. The van der Waals surface area contributed by atoms with E-state index in [1.165, 1.54) is 5.56 Å². The fraction of sp³-hybridized carbons (Fsp3) is 0.400. The van der Waals surface area contributed by atoms with Crippen LogP contribution in [0.3, 0.4) is 0 Å². The zero-order valence-corrected chi connectivity index (χ0v) is 13.5. The molecule has 4 nitrogen and oxygen atoms in total. The number of hydrogen-bond donors (Lipinski definition) is 0. The van der Waals surface area contributed by atoms with Crippen LogP contribution in [0.1, 0.15) is 17.5 Å². The van der Waals surface area contributed by atoms with Crippen LogP contribution < -0.4 is 9.47 Å². The molecule has 2 unspecified atom stereocenters. The number of rotatable bonds is 6. The normalized spacial score (nSPS) is 23.8. The van der Waals surface area contributed by atoms with Gasteiger partial charge in [0, 0.05) is 21.9 Å². The summed E-state index contributed by atoms with van der Waals surface area (Å²) in [6.45, 7) is 2.85. The van der Waals surface area contributed by atoms with Crippen LogP contribution in [0.5, 0.6) is 11.5 Å². The molecule has 0 N–H and O–H groups in total. The number of allylic oxidation sites excluding steroid dienone is 1. The maximum absolute atomic E-state index is 6.20. The van der Waals surface area contributed by atoms with Crippen LogP contribution in [0, 0.1) is 0 Å². The third-order valence-corrected chi connectivity index (χ3v) is 4.74. The number of hydrogen-bond acceptors (Lipinski definition) is 4. The molecule has 0 aromatic heterocycles. The van der Waals surface area contributed by atoms with Crippen LogP contribution >= 0.6 is 0 Å². The molecule has 0 spiro atoms. The van der Waals surface area contributed by atoms with E-state index in [1.54, 1.807) is 0 Å². The SMILES string of the molecule is C1=Cc2c(c(OCC3CO3)c3ccccc3c2OCC2CO2)CC1. The lowest BCUT2D eigenvalue weighted by Crippen LogP contribution is -2.11. The third kappa shape index (κ3) is 2.66. The Bertz CT molecular complexity index is 803. The van der Waals surface area contributed by atoms with Crippen molar-refractivity contribution in [1.29, 1.82) is 0 Å². The molecule has 3 aliphatic rings. The number of fused-ring (bicyclic) bond motifs is 2. The first kappa shape index (κ1) is 14.3. The monoisotopic (exact) mass is 324 g/mol. The van der Waals surface area contributed by atoms with Gasteiger partial charge in [0.25, 0.3) is 0 Å². The van der Waals surface area contributed by atoms with Gasteiger partial charge in [-0.05, 0) is 12.8 Å². The largest absolute Gasteiger partial charge is 0.490 e. The van der Waals surface area contributed by atoms with Gasteiger partial charge in [-0.3, -0.25) is 0 Å². The van der Waals surface area contributed by atoms with Gasteiger partial charge >= 0.3 is 0 Å². The highest BCUT2D eigenvalue weighted by molar-refractivity contribution is 5.98. The zero-order chi connectivity index (χ0) is 15.9. The van der Waals surface area contributed by atoms with Gasteiger partial charge in [0.15, 0.2) is 0 Å². The fourth-order valence-electron chi connectivity index (χ4n) is 3.30. The quantitative estimate of drug-likeness (QED) is 0.764. The van der Waals surface area contributed by atoms with Gasteiger partial charge in [0.2, 0.25) is 0 Å². The summed E-state index contributed by atoms with van der Waals surface area (Å²) in [6.07, 6.45) is 6.90. The molecule has 2 aromatic carbocycles. The Hall–Kier alpha value is -2.04. The summed E-state index contributed by atoms with van der Waals surface area (Å²) in [4.78, 5) is 0. The molecule has 0 saturated carbocycles. The van der Waals surface area contributed by atoms with Crippen LogP contribution in [0.4, 0.5) is 0 Å². The minimum Gasteiger partial charge on any atom is -0.490 e. The topological polar surface area (TPSA) is 43.5 Å². The summed E-state index contributed by atoms with van der Waals surface area (Å²) >= 11 is 0. The van der Waals surface area contributed by atoms with Crippen LogP contribution in [0.25, 0.3) is 16.8 Å². The average molecular weight is 324 g/mol. The summed E-state index contributed by atoms with van der Waals surface area (Å²) < 4.78 is 23.0. The lowest BCUT2D eigenvalue weighted by molar-refractivity contribution is 0.259. The van der Waals surface area contributed by atoms with Gasteiger partial charge in [0.1, 0.15) is 36.9 Å². The van der Waals surface area contributed by atoms with E-state index < -0.39 is 0 Å². The van der Waals surface area contributed by atoms with E-state index in [-0.39, 0.29) is 12.2 Å². The van der Waals surface area contributed by atoms with Crippen molar-refractivity contribution in [3.05, 3.63) is 41.5 Å². The average Bonchev–Trinajstić information content (AvgIpc) is 3.53. The second-order valence-corrected chi connectivity index (χ2v) is 6.57. The van der Waals surface area contributed by atoms with Crippen molar-refractivity contribution in [1.82, 2.24) is 0 Å². The molecule has 2 saturated heterocycles. The molecule has 4 heteroatoms. The summed E-state index contributed by atoms with van der Waals surface area (Å²) in [5.41, 5.74) is 2.41. The highest BCUT2D eigenvalue weighted by atomic mass is 16.6. The maximum Gasteiger partial charge on any atom is 0.135 e. The van der Waals surface area contributed by atoms with Crippen LogP contribution in [-0.2, 0) is 15.9 Å². The van der Waals surface area contributed by atoms with E-state index in [2.05, 4.69) is 36.4 Å². The molecule has 124 valence electrons. The van der Waals surface area contributed by atoms with E-state index in [9.17, 15) is 0 Å². The van der Waals surface area contributed by atoms with Crippen molar-refractivity contribution in [2.45, 2.75) is 25.0 Å². The lowest BCUT2D eigenvalue weighted by Gasteiger charge is -2.22. The van der Waals surface area contributed by atoms with E-state index in [0.29, 0.717) is 13.2 Å². The van der Waals surface area contributed by atoms with Gasteiger partial charge in [-0.1, -0.05) is 36.4 Å². The van der Waals surface area contributed by atoms with E-state index in [0.717, 1.165) is 53.9 Å². The summed E-state index contributed by atoms with van der Waals surface area (Å²) in [7, 11) is 0. The standard InChI is InChI=1S/C20H20O4/c1-2-6-16-15(5-1)19(23-11-13-9-21-13)17-7-3-4-8-18(17)20(16)24-12-14-10-22-14/h1-3,5-7,13-14H,4,8-12H2. The van der Waals surface area contributed by atoms with Crippen molar-refractivity contribution in [2.24, 2.45) is 0 Å². The van der Waals surface area contributed by atoms with Gasteiger partial charge in [-0.25, -0.2) is 0 Å². The summed E-state index contributed by atoms with van der Waals surface area (Å²) in [5.74, 6) is 1.96.